The molecule has 0 bridgehead atoms. The summed E-state index contributed by atoms with van der Waals surface area (Å²) in [6.45, 7) is 1.82. The van der Waals surface area contributed by atoms with E-state index in [1.807, 2.05) is 0 Å². The summed E-state index contributed by atoms with van der Waals surface area (Å²) in [5, 5.41) is 9.12. The molecule has 0 saturated carbocycles. The van der Waals surface area contributed by atoms with Gasteiger partial charge >= 0.3 is 0 Å². The van der Waals surface area contributed by atoms with Gasteiger partial charge in [-0.2, -0.15) is 0 Å². The van der Waals surface area contributed by atoms with Gasteiger partial charge < -0.3 is 15.2 Å². The van der Waals surface area contributed by atoms with Gasteiger partial charge in [-0.25, -0.2) is 4.39 Å². The van der Waals surface area contributed by atoms with E-state index in [-0.39, 0.29) is 18.3 Å². The summed E-state index contributed by atoms with van der Waals surface area (Å²) in [7, 11) is 0. The first-order valence-electron chi connectivity index (χ1n) is 5.36. The third kappa shape index (κ3) is 3.31. The number of carbonyl (C=O) groups excluding carboxylic acids is 1. The smallest absolute Gasteiger partial charge is 0.243 e. The van der Waals surface area contributed by atoms with Gasteiger partial charge in [-0.05, 0) is 31.2 Å². The fourth-order valence-corrected chi connectivity index (χ4v) is 1.36. The van der Waals surface area contributed by atoms with E-state index < -0.39 is 0 Å². The maximum absolute atomic E-state index is 12.7. The maximum Gasteiger partial charge on any atom is 0.243 e. The summed E-state index contributed by atoms with van der Waals surface area (Å²) in [5.74, 6) is 0.574. The molecule has 0 unspecified atom stereocenters. The van der Waals surface area contributed by atoms with Gasteiger partial charge in [-0.1, -0.05) is 5.16 Å². The fraction of sp³-hybridized carbons (Fsp3) is 0.167. The highest BCUT2D eigenvalue weighted by Gasteiger charge is 2.04. The van der Waals surface area contributed by atoms with Crippen LogP contribution in [0.3, 0.4) is 0 Å². The SMILES string of the molecule is Cc1cc(NCC(=O)Nc2ccc(F)cc2)no1. The Labute approximate surface area is 103 Å². The van der Waals surface area contributed by atoms with Crippen molar-refractivity contribution in [2.45, 2.75) is 6.92 Å². The summed E-state index contributed by atoms with van der Waals surface area (Å²) in [5.41, 5.74) is 0.541. The van der Waals surface area contributed by atoms with Crippen LogP contribution in [0.1, 0.15) is 5.76 Å². The second-order valence-electron chi connectivity index (χ2n) is 3.73. The highest BCUT2D eigenvalue weighted by molar-refractivity contribution is 5.93. The van der Waals surface area contributed by atoms with Crippen molar-refractivity contribution in [1.29, 1.82) is 0 Å². The fourth-order valence-electron chi connectivity index (χ4n) is 1.36. The van der Waals surface area contributed by atoms with Gasteiger partial charge in [-0.3, -0.25) is 4.79 Å². The highest BCUT2D eigenvalue weighted by Crippen LogP contribution is 2.09. The number of hydrogen-bond donors (Lipinski definition) is 2. The molecule has 94 valence electrons. The van der Waals surface area contributed by atoms with Crippen molar-refractivity contribution in [1.82, 2.24) is 5.16 Å². The Morgan fingerprint density at radius 2 is 2.11 bits per heavy atom. The van der Waals surface area contributed by atoms with Crippen molar-refractivity contribution >= 4 is 17.4 Å². The lowest BCUT2D eigenvalue weighted by molar-refractivity contribution is -0.114. The maximum atomic E-state index is 12.7. The molecule has 0 aliphatic carbocycles. The van der Waals surface area contributed by atoms with E-state index in [9.17, 15) is 9.18 Å². The Balaban J connectivity index is 1.83. The van der Waals surface area contributed by atoms with Crippen LogP contribution in [0.4, 0.5) is 15.9 Å². The van der Waals surface area contributed by atoms with E-state index >= 15 is 0 Å². The Morgan fingerprint density at radius 1 is 1.39 bits per heavy atom. The van der Waals surface area contributed by atoms with Crippen molar-refractivity contribution in [3.8, 4) is 0 Å². The first-order valence-corrected chi connectivity index (χ1v) is 5.36. The second-order valence-corrected chi connectivity index (χ2v) is 3.73. The van der Waals surface area contributed by atoms with E-state index in [1.165, 1.54) is 24.3 Å². The van der Waals surface area contributed by atoms with Crippen molar-refractivity contribution in [2.75, 3.05) is 17.2 Å². The molecular weight excluding hydrogens is 237 g/mol. The number of aryl methyl sites for hydroxylation is 1. The minimum absolute atomic E-state index is 0.0589. The molecule has 1 aromatic carbocycles. The predicted molar refractivity (Wildman–Crippen MR) is 64.8 cm³/mol. The van der Waals surface area contributed by atoms with Crippen molar-refractivity contribution < 1.29 is 13.7 Å². The summed E-state index contributed by atoms with van der Waals surface area (Å²) < 4.78 is 17.5. The number of aromatic nitrogens is 1. The summed E-state index contributed by atoms with van der Waals surface area (Å²) in [6, 6.07) is 7.24. The average Bonchev–Trinajstić information content (AvgIpc) is 2.76. The lowest BCUT2D eigenvalue weighted by atomic mass is 10.3. The van der Waals surface area contributed by atoms with Gasteiger partial charge in [0.25, 0.3) is 0 Å². The van der Waals surface area contributed by atoms with Crippen molar-refractivity contribution in [3.05, 3.63) is 41.9 Å². The van der Waals surface area contributed by atoms with E-state index in [0.29, 0.717) is 17.3 Å². The molecule has 6 heteroatoms. The van der Waals surface area contributed by atoms with E-state index in [2.05, 4.69) is 15.8 Å². The van der Waals surface area contributed by atoms with Crippen LogP contribution in [0.5, 0.6) is 0 Å². The van der Waals surface area contributed by atoms with Crippen LogP contribution in [0.25, 0.3) is 0 Å². The number of carbonyl (C=O) groups is 1. The van der Waals surface area contributed by atoms with Crippen molar-refractivity contribution in [3.63, 3.8) is 0 Å². The Kier molecular flexibility index (Phi) is 3.57. The number of halogens is 1. The quantitative estimate of drug-likeness (QED) is 0.871. The minimum atomic E-state index is -0.343. The van der Waals surface area contributed by atoms with Crippen LogP contribution in [0, 0.1) is 12.7 Å². The lowest BCUT2D eigenvalue weighted by Crippen LogP contribution is -2.21. The topological polar surface area (TPSA) is 67.2 Å². The summed E-state index contributed by atoms with van der Waals surface area (Å²) >= 11 is 0. The third-order valence-electron chi connectivity index (χ3n) is 2.19. The number of nitrogens with one attached hydrogen (secondary N) is 2. The molecule has 0 fully saturated rings. The van der Waals surface area contributed by atoms with Crippen LogP contribution in [0.15, 0.2) is 34.9 Å². The van der Waals surface area contributed by atoms with E-state index in [4.69, 9.17) is 4.52 Å². The molecule has 5 nitrogen and oxygen atoms in total. The van der Waals surface area contributed by atoms with Crippen LogP contribution < -0.4 is 10.6 Å². The van der Waals surface area contributed by atoms with Gasteiger partial charge in [0.15, 0.2) is 5.82 Å². The molecule has 2 rings (SSSR count). The van der Waals surface area contributed by atoms with Crippen LogP contribution in [-0.2, 0) is 4.79 Å². The van der Waals surface area contributed by atoms with Gasteiger partial charge in [0.1, 0.15) is 11.6 Å². The van der Waals surface area contributed by atoms with E-state index in [1.54, 1.807) is 13.0 Å². The second kappa shape index (κ2) is 5.31. The Morgan fingerprint density at radius 3 is 2.72 bits per heavy atom. The standard InChI is InChI=1S/C12H12FN3O2/c1-8-6-11(16-18-8)14-7-12(17)15-10-4-2-9(13)3-5-10/h2-6H,7H2,1H3,(H,14,16)(H,15,17). The van der Waals surface area contributed by atoms with E-state index in [0.717, 1.165) is 0 Å². The summed E-state index contributed by atoms with van der Waals surface area (Å²) in [6.07, 6.45) is 0. The normalized spacial score (nSPS) is 10.1. The van der Waals surface area contributed by atoms with Gasteiger partial charge in [0.05, 0.1) is 6.54 Å². The zero-order valence-electron chi connectivity index (χ0n) is 9.74. The summed E-state index contributed by atoms with van der Waals surface area (Å²) in [4.78, 5) is 11.6. The van der Waals surface area contributed by atoms with Gasteiger partial charge in [0.2, 0.25) is 5.91 Å². The minimum Gasteiger partial charge on any atom is -0.360 e. The van der Waals surface area contributed by atoms with Gasteiger partial charge in [-0.15, -0.1) is 0 Å². The number of benzene rings is 1. The number of nitrogens with zero attached hydrogens (tertiary/aromatic N) is 1. The Bertz CT molecular complexity index is 537. The molecule has 18 heavy (non-hydrogen) atoms. The highest BCUT2D eigenvalue weighted by atomic mass is 19.1. The monoisotopic (exact) mass is 249 g/mol. The molecule has 0 atom stereocenters. The van der Waals surface area contributed by atoms with Crippen LogP contribution in [0.2, 0.25) is 0 Å². The largest absolute Gasteiger partial charge is 0.360 e. The molecule has 0 aliphatic rings. The predicted octanol–water partition coefficient (Wildman–Crippen LogP) is 2.17. The number of anilines is 2. The molecule has 0 radical (unpaired) electrons. The zero-order valence-corrected chi connectivity index (χ0v) is 9.74. The number of amides is 1. The van der Waals surface area contributed by atoms with Crippen LogP contribution >= 0.6 is 0 Å². The molecule has 1 amide bonds. The van der Waals surface area contributed by atoms with Crippen molar-refractivity contribution in [2.24, 2.45) is 0 Å². The lowest BCUT2D eigenvalue weighted by Gasteiger charge is -2.05. The first-order chi connectivity index (χ1) is 8.63. The third-order valence-corrected chi connectivity index (χ3v) is 2.19. The average molecular weight is 249 g/mol. The molecule has 2 aromatic rings. The zero-order chi connectivity index (χ0) is 13.0. The molecule has 0 saturated heterocycles. The number of rotatable bonds is 4. The molecule has 0 spiro atoms. The molecule has 2 N–H and O–H groups in total. The number of hydrogen-bond acceptors (Lipinski definition) is 4. The molecule has 1 aromatic heterocycles. The van der Waals surface area contributed by atoms with Gasteiger partial charge in [0, 0.05) is 11.8 Å². The molecule has 1 heterocycles. The van der Waals surface area contributed by atoms with Crippen LogP contribution in [-0.4, -0.2) is 17.6 Å². The Hall–Kier alpha value is -2.37. The molecule has 0 aliphatic heterocycles. The molecular formula is C12H12FN3O2. The first kappa shape index (κ1) is 12.1.